The summed E-state index contributed by atoms with van der Waals surface area (Å²) in [6.07, 6.45) is 0.452. The van der Waals surface area contributed by atoms with E-state index in [0.717, 1.165) is 0 Å². The third kappa shape index (κ3) is 4.42. The predicted molar refractivity (Wildman–Crippen MR) is 106 cm³/mol. The maximum Gasteiger partial charge on any atom is 0.414 e. The Hall–Kier alpha value is -2.88. The summed E-state index contributed by atoms with van der Waals surface area (Å²) >= 11 is 0. The third-order valence-electron chi connectivity index (χ3n) is 4.67. The van der Waals surface area contributed by atoms with Crippen LogP contribution in [-0.2, 0) is 25.8 Å². The number of ketones is 1. The van der Waals surface area contributed by atoms with Crippen LogP contribution >= 0.6 is 0 Å². The van der Waals surface area contributed by atoms with Crippen molar-refractivity contribution in [2.75, 3.05) is 37.8 Å². The number of nitrogens with one attached hydrogen (secondary N) is 1. The van der Waals surface area contributed by atoms with Crippen LogP contribution in [0, 0.1) is 0 Å². The summed E-state index contributed by atoms with van der Waals surface area (Å²) in [5, 5.41) is 2.61. The second-order valence-corrected chi connectivity index (χ2v) is 9.33. The molecular weight excluding hydrogens is 398 g/mol. The van der Waals surface area contributed by atoms with Crippen LogP contribution in [-0.4, -0.2) is 70.1 Å². The molecule has 29 heavy (non-hydrogen) atoms. The molecule has 2 aliphatic rings. The molecule has 0 aromatic heterocycles. The number of rotatable bonds is 4. The second-order valence-electron chi connectivity index (χ2n) is 7.25. The van der Waals surface area contributed by atoms with E-state index in [4.69, 9.17) is 4.74 Å². The van der Waals surface area contributed by atoms with E-state index in [1.165, 1.54) is 22.9 Å². The van der Waals surface area contributed by atoms with E-state index in [2.05, 4.69) is 5.32 Å². The Labute approximate surface area is 169 Å². The number of aryl methyl sites for hydroxylation is 1. The maximum absolute atomic E-state index is 12.9. The number of carbonyl (C=O) groups excluding carboxylic acids is 3. The van der Waals surface area contributed by atoms with Crippen LogP contribution in [0.25, 0.3) is 0 Å². The minimum atomic E-state index is -3.71. The fraction of sp³-hybridized carbons (Fsp3) is 0.421. The molecule has 1 saturated heterocycles. The predicted octanol–water partition coefficient (Wildman–Crippen LogP) is 0.705. The van der Waals surface area contributed by atoms with Crippen LogP contribution in [0.5, 0.6) is 0 Å². The lowest BCUT2D eigenvalue weighted by Crippen LogP contribution is -2.33. The quantitative estimate of drug-likeness (QED) is 0.712. The standard InChI is InChI=1S/C19H23N3O6S/c1-12(23)20-9-15-10-22(19(25)28-15)14-4-5-16-13(8-14)6-7-29(26,27)17(18(16)24)11-21(2)3/h4-5,8,11,15H,6-7,9-10H2,1-3H3,(H,20,23)/t15-/m0/s1. The number of anilines is 1. The minimum absolute atomic E-state index is 0.167. The number of benzene rings is 1. The van der Waals surface area contributed by atoms with Gasteiger partial charge >= 0.3 is 6.09 Å². The topological polar surface area (TPSA) is 113 Å². The number of amides is 2. The molecule has 156 valence electrons. The molecule has 1 N–H and O–H groups in total. The summed E-state index contributed by atoms with van der Waals surface area (Å²) in [5.41, 5.74) is 1.39. The van der Waals surface area contributed by atoms with E-state index in [1.807, 2.05) is 0 Å². The highest BCUT2D eigenvalue weighted by molar-refractivity contribution is 7.96. The molecule has 2 heterocycles. The largest absolute Gasteiger partial charge is 0.442 e. The Balaban J connectivity index is 1.89. The van der Waals surface area contributed by atoms with Gasteiger partial charge in [-0.3, -0.25) is 14.5 Å². The molecule has 0 aliphatic carbocycles. The average Bonchev–Trinajstić information content (AvgIpc) is 2.98. The molecule has 1 aromatic carbocycles. The van der Waals surface area contributed by atoms with Gasteiger partial charge in [-0.2, -0.15) is 0 Å². The third-order valence-corrected chi connectivity index (χ3v) is 6.37. The van der Waals surface area contributed by atoms with E-state index < -0.39 is 27.8 Å². The second kappa shape index (κ2) is 7.86. The van der Waals surface area contributed by atoms with E-state index in [1.54, 1.807) is 32.3 Å². The smallest absolute Gasteiger partial charge is 0.414 e. The van der Waals surface area contributed by atoms with Gasteiger partial charge in [-0.25, -0.2) is 13.2 Å². The first-order valence-electron chi connectivity index (χ1n) is 9.09. The number of nitrogens with zero attached hydrogens (tertiary/aromatic N) is 2. The molecule has 9 nitrogen and oxygen atoms in total. The fourth-order valence-electron chi connectivity index (χ4n) is 3.27. The van der Waals surface area contributed by atoms with E-state index in [-0.39, 0.29) is 36.1 Å². The van der Waals surface area contributed by atoms with Crippen LogP contribution in [0.3, 0.4) is 0 Å². The lowest BCUT2D eigenvalue weighted by molar-refractivity contribution is -0.119. The van der Waals surface area contributed by atoms with E-state index in [9.17, 15) is 22.8 Å². The van der Waals surface area contributed by atoms with Gasteiger partial charge in [-0.1, -0.05) is 0 Å². The van der Waals surface area contributed by atoms with Gasteiger partial charge in [-0.15, -0.1) is 0 Å². The normalized spacial score (nSPS) is 22.1. The van der Waals surface area contributed by atoms with Crippen molar-refractivity contribution < 1.29 is 27.5 Å². The molecule has 0 spiro atoms. The van der Waals surface area contributed by atoms with E-state index >= 15 is 0 Å². The molecule has 1 fully saturated rings. The van der Waals surface area contributed by atoms with Gasteiger partial charge in [0, 0.05) is 38.5 Å². The summed E-state index contributed by atoms with van der Waals surface area (Å²) in [6.45, 7) is 1.83. The number of allylic oxidation sites excluding steroid dienone is 1. The monoisotopic (exact) mass is 421 g/mol. The van der Waals surface area contributed by atoms with Crippen LogP contribution in [0.2, 0.25) is 0 Å². The number of hydrogen-bond donors (Lipinski definition) is 1. The Morgan fingerprint density at radius 3 is 2.72 bits per heavy atom. The van der Waals surface area contributed by atoms with Crippen molar-refractivity contribution in [1.29, 1.82) is 0 Å². The van der Waals surface area contributed by atoms with Crippen molar-refractivity contribution >= 4 is 33.3 Å². The zero-order valence-corrected chi connectivity index (χ0v) is 17.3. The Bertz CT molecular complexity index is 999. The van der Waals surface area contributed by atoms with Crippen molar-refractivity contribution in [1.82, 2.24) is 10.2 Å². The van der Waals surface area contributed by atoms with Gasteiger partial charge in [0.15, 0.2) is 9.84 Å². The summed E-state index contributed by atoms with van der Waals surface area (Å²) in [4.78, 5) is 38.8. The van der Waals surface area contributed by atoms with Crippen molar-refractivity contribution in [2.45, 2.75) is 19.4 Å². The Kier molecular flexibility index (Phi) is 5.65. The number of hydrogen-bond acceptors (Lipinski definition) is 7. The number of cyclic esters (lactones) is 1. The Morgan fingerprint density at radius 2 is 2.07 bits per heavy atom. The highest BCUT2D eigenvalue weighted by Gasteiger charge is 2.35. The van der Waals surface area contributed by atoms with E-state index in [0.29, 0.717) is 16.8 Å². The molecule has 2 aliphatic heterocycles. The van der Waals surface area contributed by atoms with Gasteiger partial charge in [0.2, 0.25) is 11.7 Å². The van der Waals surface area contributed by atoms with Gasteiger partial charge < -0.3 is 15.0 Å². The van der Waals surface area contributed by atoms with Crippen molar-refractivity contribution in [3.8, 4) is 0 Å². The molecular formula is C19H23N3O6S. The number of fused-ring (bicyclic) bond motifs is 1. The molecule has 1 aromatic rings. The molecule has 0 bridgehead atoms. The molecule has 0 unspecified atom stereocenters. The van der Waals surface area contributed by atoms with Crippen LogP contribution < -0.4 is 10.2 Å². The van der Waals surface area contributed by atoms with Crippen molar-refractivity contribution in [3.63, 3.8) is 0 Å². The minimum Gasteiger partial charge on any atom is -0.442 e. The summed E-state index contributed by atoms with van der Waals surface area (Å²) in [7, 11) is -0.407. The molecule has 2 amide bonds. The molecule has 10 heteroatoms. The first-order chi connectivity index (χ1) is 13.6. The first kappa shape index (κ1) is 20.8. The zero-order valence-electron chi connectivity index (χ0n) is 16.5. The van der Waals surface area contributed by atoms with Gasteiger partial charge in [-0.05, 0) is 30.2 Å². The molecule has 3 rings (SSSR count). The number of carbonyl (C=O) groups is 3. The highest BCUT2D eigenvalue weighted by Crippen LogP contribution is 2.30. The molecule has 0 saturated carbocycles. The zero-order chi connectivity index (χ0) is 21.3. The number of sulfone groups is 1. The summed E-state index contributed by atoms with van der Waals surface area (Å²) < 4.78 is 30.3. The number of Topliss-reactive ketones (excluding diaryl/α,β-unsaturated/α-hetero) is 1. The summed E-state index contributed by atoms with van der Waals surface area (Å²) in [6, 6.07) is 4.80. The highest BCUT2D eigenvalue weighted by atomic mass is 32.2. The lowest BCUT2D eigenvalue weighted by atomic mass is 10.00. The Morgan fingerprint density at radius 1 is 1.34 bits per heavy atom. The van der Waals surface area contributed by atoms with Gasteiger partial charge in [0.1, 0.15) is 11.0 Å². The molecule has 0 radical (unpaired) electrons. The summed E-state index contributed by atoms with van der Waals surface area (Å²) in [5.74, 6) is -0.957. The SMILES string of the molecule is CC(=O)NC[C@H]1CN(c2ccc3c(c2)CCS(=O)(=O)C(=CN(C)C)C3=O)C(=O)O1. The van der Waals surface area contributed by atoms with Crippen molar-refractivity contribution in [2.24, 2.45) is 0 Å². The van der Waals surface area contributed by atoms with Crippen molar-refractivity contribution in [3.05, 3.63) is 40.4 Å². The van der Waals surface area contributed by atoms with Crippen LogP contribution in [0.1, 0.15) is 22.8 Å². The number of ether oxygens (including phenoxy) is 1. The van der Waals surface area contributed by atoms with Crippen LogP contribution in [0.4, 0.5) is 10.5 Å². The fourth-order valence-corrected chi connectivity index (χ4v) is 4.75. The maximum atomic E-state index is 12.9. The average molecular weight is 421 g/mol. The molecule has 1 atom stereocenters. The first-order valence-corrected chi connectivity index (χ1v) is 10.7. The van der Waals surface area contributed by atoms with Gasteiger partial charge in [0.25, 0.3) is 0 Å². The van der Waals surface area contributed by atoms with Gasteiger partial charge in [0.05, 0.1) is 18.8 Å². The lowest BCUT2D eigenvalue weighted by Gasteiger charge is -2.15. The van der Waals surface area contributed by atoms with Crippen LogP contribution in [0.15, 0.2) is 29.3 Å².